The maximum Gasteiger partial charge on any atom is 0.274 e. The van der Waals surface area contributed by atoms with Gasteiger partial charge in [-0.2, -0.15) is 0 Å². The lowest BCUT2D eigenvalue weighted by atomic mass is 9.92. The molecule has 0 saturated heterocycles. The van der Waals surface area contributed by atoms with Gasteiger partial charge in [0.1, 0.15) is 0 Å². The first-order chi connectivity index (χ1) is 9.13. The third-order valence-corrected chi connectivity index (χ3v) is 3.37. The monoisotopic (exact) mass is 266 g/mol. The third-order valence-electron chi connectivity index (χ3n) is 3.37. The molecule has 1 aliphatic rings. The van der Waals surface area contributed by atoms with Crippen LogP contribution < -0.4 is 10.1 Å². The first kappa shape index (κ1) is 13.6. The van der Waals surface area contributed by atoms with Crippen LogP contribution in [0.25, 0.3) is 0 Å². The minimum Gasteiger partial charge on any atom is -0.503 e. The van der Waals surface area contributed by atoms with Crippen molar-refractivity contribution < 1.29 is 19.7 Å². The highest BCUT2D eigenvalue weighted by Crippen LogP contribution is 2.28. The molecule has 1 amide bonds. The highest BCUT2D eigenvalue weighted by Gasteiger charge is 2.26. The summed E-state index contributed by atoms with van der Waals surface area (Å²) >= 11 is 0. The van der Waals surface area contributed by atoms with Crippen LogP contribution in [0.2, 0.25) is 0 Å². The summed E-state index contributed by atoms with van der Waals surface area (Å²) in [6.07, 6.45) is 4.21. The van der Waals surface area contributed by atoms with Gasteiger partial charge < -0.3 is 20.3 Å². The molecule has 1 aromatic rings. The predicted molar refractivity (Wildman–Crippen MR) is 68.2 cm³/mol. The number of rotatable bonds is 3. The lowest BCUT2D eigenvalue weighted by molar-refractivity contribution is 0.0711. The third kappa shape index (κ3) is 2.96. The number of methoxy groups -OCH3 is 1. The van der Waals surface area contributed by atoms with Crippen LogP contribution in [0.15, 0.2) is 12.3 Å². The molecule has 2 rings (SSSR count). The Bertz CT molecular complexity index is 464. The van der Waals surface area contributed by atoms with Gasteiger partial charge in [0.05, 0.1) is 19.3 Å². The van der Waals surface area contributed by atoms with E-state index in [1.54, 1.807) is 0 Å². The van der Waals surface area contributed by atoms with Gasteiger partial charge in [-0.1, -0.05) is 12.8 Å². The molecule has 1 fully saturated rings. The molecule has 1 aliphatic carbocycles. The van der Waals surface area contributed by atoms with Crippen LogP contribution in [0, 0.1) is 0 Å². The topological polar surface area (TPSA) is 91.7 Å². The predicted octanol–water partition coefficient (Wildman–Crippen LogP) is 0.829. The second-order valence-corrected chi connectivity index (χ2v) is 4.64. The Kier molecular flexibility index (Phi) is 4.21. The Morgan fingerprint density at radius 2 is 2.21 bits per heavy atom. The quantitative estimate of drug-likeness (QED) is 0.753. The first-order valence-corrected chi connectivity index (χ1v) is 6.34. The summed E-state index contributed by atoms with van der Waals surface area (Å²) in [5, 5.41) is 22.4. The molecular weight excluding hydrogens is 248 g/mol. The van der Waals surface area contributed by atoms with Crippen molar-refractivity contribution in [3.63, 3.8) is 0 Å². The smallest absolute Gasteiger partial charge is 0.274 e. The van der Waals surface area contributed by atoms with Crippen molar-refractivity contribution >= 4 is 5.91 Å². The number of nitrogens with one attached hydrogen (secondary N) is 1. The fourth-order valence-corrected chi connectivity index (χ4v) is 2.28. The molecule has 0 aliphatic heterocycles. The van der Waals surface area contributed by atoms with Gasteiger partial charge in [0.2, 0.25) is 0 Å². The van der Waals surface area contributed by atoms with E-state index in [9.17, 15) is 15.0 Å². The van der Waals surface area contributed by atoms with E-state index in [1.807, 2.05) is 0 Å². The van der Waals surface area contributed by atoms with Gasteiger partial charge >= 0.3 is 0 Å². The molecular formula is C13H18N2O4. The number of ether oxygens (including phenoxy) is 1. The molecule has 2 unspecified atom stereocenters. The number of nitrogens with zero attached hydrogens (tertiary/aromatic N) is 1. The van der Waals surface area contributed by atoms with Gasteiger partial charge in [0.15, 0.2) is 17.2 Å². The zero-order valence-corrected chi connectivity index (χ0v) is 10.8. The molecule has 104 valence electrons. The molecule has 1 saturated carbocycles. The van der Waals surface area contributed by atoms with Crippen molar-refractivity contribution in [1.82, 2.24) is 10.3 Å². The minimum atomic E-state index is -0.537. The van der Waals surface area contributed by atoms with Crippen LogP contribution in [-0.4, -0.2) is 40.4 Å². The number of aromatic nitrogens is 1. The molecule has 2 atom stereocenters. The highest BCUT2D eigenvalue weighted by atomic mass is 16.5. The number of hydrogen-bond donors (Lipinski definition) is 3. The maximum absolute atomic E-state index is 12.0. The van der Waals surface area contributed by atoms with Crippen molar-refractivity contribution in [2.45, 2.75) is 37.8 Å². The fourth-order valence-electron chi connectivity index (χ4n) is 2.28. The van der Waals surface area contributed by atoms with Crippen LogP contribution in [0.3, 0.4) is 0 Å². The van der Waals surface area contributed by atoms with E-state index in [-0.39, 0.29) is 23.2 Å². The van der Waals surface area contributed by atoms with Crippen LogP contribution in [0.4, 0.5) is 0 Å². The van der Waals surface area contributed by atoms with E-state index in [0.717, 1.165) is 19.3 Å². The van der Waals surface area contributed by atoms with Gasteiger partial charge in [0.25, 0.3) is 5.91 Å². The largest absolute Gasteiger partial charge is 0.503 e. The Morgan fingerprint density at radius 3 is 2.89 bits per heavy atom. The van der Waals surface area contributed by atoms with Crippen molar-refractivity contribution in [3.05, 3.63) is 18.0 Å². The number of carbonyl (C=O) groups is 1. The molecule has 3 N–H and O–H groups in total. The van der Waals surface area contributed by atoms with Crippen LogP contribution in [0.1, 0.15) is 36.2 Å². The van der Waals surface area contributed by atoms with Crippen molar-refractivity contribution in [1.29, 1.82) is 0 Å². The Morgan fingerprint density at radius 1 is 1.47 bits per heavy atom. The SMILES string of the molecule is COc1ccnc(C(=O)NC2CCCCC2O)c1O. The lowest BCUT2D eigenvalue weighted by Gasteiger charge is -2.28. The number of carbonyl (C=O) groups excluding carboxylic acids is 1. The molecule has 6 nitrogen and oxygen atoms in total. The van der Waals surface area contributed by atoms with Gasteiger partial charge in [0, 0.05) is 12.3 Å². The van der Waals surface area contributed by atoms with E-state index in [4.69, 9.17) is 4.74 Å². The van der Waals surface area contributed by atoms with Crippen molar-refractivity contribution in [3.8, 4) is 11.5 Å². The summed E-state index contributed by atoms with van der Waals surface area (Å²) in [6.45, 7) is 0. The Labute approximate surface area is 111 Å². The second-order valence-electron chi connectivity index (χ2n) is 4.64. The average molecular weight is 266 g/mol. The molecule has 0 spiro atoms. The Balaban J connectivity index is 2.11. The number of amides is 1. The lowest BCUT2D eigenvalue weighted by Crippen LogP contribution is -2.45. The molecule has 1 aromatic heterocycles. The number of aromatic hydroxyl groups is 1. The summed E-state index contributed by atoms with van der Waals surface area (Å²) in [6, 6.07) is 1.19. The van der Waals surface area contributed by atoms with Gasteiger partial charge in [-0.15, -0.1) is 0 Å². The summed E-state index contributed by atoms with van der Waals surface area (Å²) in [5.74, 6) is -0.584. The molecule has 19 heavy (non-hydrogen) atoms. The van der Waals surface area contributed by atoms with E-state index in [1.165, 1.54) is 19.4 Å². The summed E-state index contributed by atoms with van der Waals surface area (Å²) < 4.78 is 4.93. The van der Waals surface area contributed by atoms with Crippen LogP contribution in [0.5, 0.6) is 11.5 Å². The van der Waals surface area contributed by atoms with E-state index in [0.29, 0.717) is 6.42 Å². The van der Waals surface area contributed by atoms with Crippen molar-refractivity contribution in [2.75, 3.05) is 7.11 Å². The summed E-state index contributed by atoms with van der Waals surface area (Å²) in [4.78, 5) is 15.9. The molecule has 6 heteroatoms. The first-order valence-electron chi connectivity index (χ1n) is 6.34. The fraction of sp³-hybridized carbons (Fsp3) is 0.538. The zero-order valence-electron chi connectivity index (χ0n) is 10.8. The number of hydrogen-bond acceptors (Lipinski definition) is 5. The maximum atomic E-state index is 12.0. The summed E-state index contributed by atoms with van der Waals surface area (Å²) in [5.41, 5.74) is -0.0860. The summed E-state index contributed by atoms with van der Waals surface area (Å²) in [7, 11) is 1.40. The normalized spacial score (nSPS) is 22.8. The van der Waals surface area contributed by atoms with E-state index in [2.05, 4.69) is 10.3 Å². The van der Waals surface area contributed by atoms with E-state index < -0.39 is 12.0 Å². The number of aliphatic hydroxyl groups is 1. The van der Waals surface area contributed by atoms with Crippen LogP contribution >= 0.6 is 0 Å². The van der Waals surface area contributed by atoms with Gasteiger partial charge in [-0.3, -0.25) is 4.79 Å². The van der Waals surface area contributed by atoms with Crippen molar-refractivity contribution in [2.24, 2.45) is 0 Å². The molecule has 0 bridgehead atoms. The van der Waals surface area contributed by atoms with Gasteiger partial charge in [-0.05, 0) is 12.8 Å². The molecule has 0 aromatic carbocycles. The van der Waals surface area contributed by atoms with Crippen LogP contribution in [-0.2, 0) is 0 Å². The zero-order chi connectivity index (χ0) is 13.8. The average Bonchev–Trinajstić information content (AvgIpc) is 2.41. The highest BCUT2D eigenvalue weighted by molar-refractivity contribution is 5.95. The second kappa shape index (κ2) is 5.88. The van der Waals surface area contributed by atoms with Gasteiger partial charge in [-0.25, -0.2) is 4.98 Å². The molecule has 0 radical (unpaired) electrons. The Hall–Kier alpha value is -1.82. The molecule has 1 heterocycles. The number of pyridine rings is 1. The minimum absolute atomic E-state index is 0.0860. The number of aliphatic hydroxyl groups excluding tert-OH is 1. The van der Waals surface area contributed by atoms with E-state index >= 15 is 0 Å². The standard InChI is InChI=1S/C13H18N2O4/c1-19-10-6-7-14-11(12(10)17)13(18)15-8-4-2-3-5-9(8)16/h6-9,16-17H,2-5H2,1H3,(H,15,18).